The zero-order valence-corrected chi connectivity index (χ0v) is 24.7. The van der Waals surface area contributed by atoms with E-state index in [1.54, 1.807) is 0 Å². The maximum Gasteiger partial charge on any atom is 0.239 e. The molecule has 18 heteroatoms. The number of fused-ring (bicyclic) bond motifs is 1. The van der Waals surface area contributed by atoms with Crippen molar-refractivity contribution in [2.45, 2.75) is 61.4 Å². The molecule has 2 aromatic carbocycles. The van der Waals surface area contributed by atoms with Crippen molar-refractivity contribution in [3.63, 3.8) is 0 Å². The van der Waals surface area contributed by atoms with Gasteiger partial charge in [-0.25, -0.2) is 0 Å². The summed E-state index contributed by atoms with van der Waals surface area (Å²) in [5.74, 6) is -3.30. The molecule has 10 atom stereocenters. The topological polar surface area (TPSA) is 288 Å². The second-order valence-electron chi connectivity index (χ2n) is 10.8. The number of ether oxygens (including phenoxy) is 6. The van der Waals surface area contributed by atoms with Gasteiger partial charge < -0.3 is 83.9 Å². The third-order valence-electron chi connectivity index (χ3n) is 7.87. The molecule has 258 valence electrons. The molecule has 1 aromatic heterocycles. The average molecular weight is 671 g/mol. The first-order valence-corrected chi connectivity index (χ1v) is 14.1. The molecule has 2 fully saturated rings. The van der Waals surface area contributed by atoms with Gasteiger partial charge in [0.2, 0.25) is 23.2 Å². The molecule has 5 rings (SSSR count). The predicted molar refractivity (Wildman–Crippen MR) is 153 cm³/mol. The Labute approximate surface area is 264 Å². The van der Waals surface area contributed by atoms with Gasteiger partial charge in [-0.1, -0.05) is 0 Å². The lowest BCUT2D eigenvalue weighted by molar-refractivity contribution is -0.323. The monoisotopic (exact) mass is 670 g/mol. The van der Waals surface area contributed by atoms with E-state index in [0.29, 0.717) is 0 Å². The summed E-state index contributed by atoms with van der Waals surface area (Å²) in [5.41, 5.74) is -1.40. The van der Waals surface area contributed by atoms with E-state index >= 15 is 0 Å². The molecule has 2 aliphatic rings. The van der Waals surface area contributed by atoms with Gasteiger partial charge in [0.25, 0.3) is 0 Å². The molecule has 0 saturated carbocycles. The van der Waals surface area contributed by atoms with Crippen LogP contribution in [0.15, 0.2) is 33.5 Å². The van der Waals surface area contributed by atoms with Crippen LogP contribution in [-0.2, 0) is 14.2 Å². The van der Waals surface area contributed by atoms with Gasteiger partial charge in [-0.3, -0.25) is 4.79 Å². The summed E-state index contributed by atoms with van der Waals surface area (Å²) in [6.45, 7) is -1.42. The molecule has 3 heterocycles. The van der Waals surface area contributed by atoms with Crippen LogP contribution in [0.2, 0.25) is 0 Å². The normalized spacial score (nSPS) is 31.1. The van der Waals surface area contributed by atoms with Crippen molar-refractivity contribution in [1.29, 1.82) is 0 Å². The molecule has 0 bridgehead atoms. The SMILES string of the molecule is COc1ccc(-c2oc3cc(O)c(OC)c(O)c3c(=O)c2O[C@@H]2O[C@H](CO[C@@H]3O[C@H](CO)[C@H](O)[C@H](O)[C@H]3O)[C@H](O)[C@H](O)[C@H]2O)cc1O. The lowest BCUT2D eigenvalue weighted by Crippen LogP contribution is -2.62. The van der Waals surface area contributed by atoms with Crippen LogP contribution in [0.3, 0.4) is 0 Å². The molecule has 3 aromatic rings. The van der Waals surface area contributed by atoms with E-state index in [2.05, 4.69) is 0 Å². The van der Waals surface area contributed by atoms with Crippen molar-refractivity contribution in [2.75, 3.05) is 27.4 Å². The molecular weight excluding hydrogens is 636 g/mol. The highest BCUT2D eigenvalue weighted by molar-refractivity contribution is 5.91. The zero-order chi connectivity index (χ0) is 34.3. The smallest absolute Gasteiger partial charge is 0.239 e. The number of aromatic hydroxyl groups is 3. The number of phenols is 3. The Morgan fingerprint density at radius 3 is 2.00 bits per heavy atom. The van der Waals surface area contributed by atoms with Crippen LogP contribution < -0.4 is 19.6 Å². The van der Waals surface area contributed by atoms with Gasteiger partial charge in [0.15, 0.2) is 35.0 Å². The molecular formula is C29H34O18. The number of hydrogen-bond donors (Lipinski definition) is 10. The van der Waals surface area contributed by atoms with Crippen LogP contribution in [0.4, 0.5) is 0 Å². The van der Waals surface area contributed by atoms with Gasteiger partial charge in [-0.05, 0) is 18.2 Å². The third-order valence-corrected chi connectivity index (χ3v) is 7.87. The molecule has 18 nitrogen and oxygen atoms in total. The summed E-state index contributed by atoms with van der Waals surface area (Å²) in [6, 6.07) is 4.84. The lowest BCUT2D eigenvalue weighted by atomic mass is 9.98. The first-order valence-electron chi connectivity index (χ1n) is 14.1. The van der Waals surface area contributed by atoms with Crippen LogP contribution in [-0.4, -0.2) is 140 Å². The van der Waals surface area contributed by atoms with Crippen LogP contribution in [0, 0.1) is 0 Å². The molecule has 2 aliphatic heterocycles. The summed E-state index contributed by atoms with van der Waals surface area (Å²) in [6.07, 6.45) is -17.5. The third kappa shape index (κ3) is 6.23. The van der Waals surface area contributed by atoms with Crippen LogP contribution in [0.25, 0.3) is 22.3 Å². The van der Waals surface area contributed by atoms with Crippen molar-refractivity contribution >= 4 is 11.0 Å². The van der Waals surface area contributed by atoms with E-state index in [0.717, 1.165) is 19.2 Å². The molecule has 47 heavy (non-hydrogen) atoms. The van der Waals surface area contributed by atoms with Crippen molar-refractivity contribution in [2.24, 2.45) is 0 Å². The molecule has 0 aliphatic carbocycles. The fourth-order valence-corrected chi connectivity index (χ4v) is 5.28. The summed E-state index contributed by atoms with van der Waals surface area (Å²) in [5, 5.41) is 103. The van der Waals surface area contributed by atoms with Crippen molar-refractivity contribution < 1.29 is 83.9 Å². The Morgan fingerprint density at radius 1 is 0.745 bits per heavy atom. The Hall–Kier alpha value is -3.95. The van der Waals surface area contributed by atoms with Gasteiger partial charge in [0.1, 0.15) is 59.8 Å². The molecule has 10 N–H and O–H groups in total. The lowest BCUT2D eigenvalue weighted by Gasteiger charge is -2.42. The molecule has 0 radical (unpaired) electrons. The molecule has 0 amide bonds. The Kier molecular flexibility index (Phi) is 9.99. The van der Waals surface area contributed by atoms with E-state index in [1.807, 2.05) is 0 Å². The van der Waals surface area contributed by atoms with E-state index < -0.39 is 114 Å². The van der Waals surface area contributed by atoms with Gasteiger partial charge in [-0.2, -0.15) is 0 Å². The fourth-order valence-electron chi connectivity index (χ4n) is 5.28. The zero-order valence-electron chi connectivity index (χ0n) is 24.7. The Balaban J connectivity index is 1.51. The van der Waals surface area contributed by atoms with Crippen LogP contribution in [0.1, 0.15) is 0 Å². The summed E-state index contributed by atoms with van der Waals surface area (Å²) in [4.78, 5) is 13.9. The predicted octanol–water partition coefficient (Wildman–Crippen LogP) is -2.40. The summed E-state index contributed by atoms with van der Waals surface area (Å²) >= 11 is 0. The number of hydrogen-bond acceptors (Lipinski definition) is 18. The van der Waals surface area contributed by atoms with Gasteiger partial charge >= 0.3 is 0 Å². The Morgan fingerprint density at radius 2 is 1.38 bits per heavy atom. The minimum Gasteiger partial charge on any atom is -0.504 e. The van der Waals surface area contributed by atoms with Crippen molar-refractivity contribution in [1.82, 2.24) is 0 Å². The molecule has 0 spiro atoms. The highest BCUT2D eigenvalue weighted by Crippen LogP contribution is 2.44. The number of phenolic OH excluding ortho intramolecular Hbond substituents is 3. The van der Waals surface area contributed by atoms with E-state index in [-0.39, 0.29) is 22.6 Å². The molecule has 0 unspecified atom stereocenters. The van der Waals surface area contributed by atoms with Gasteiger partial charge in [0.05, 0.1) is 27.4 Å². The van der Waals surface area contributed by atoms with Crippen LogP contribution in [0.5, 0.6) is 34.5 Å². The largest absolute Gasteiger partial charge is 0.504 e. The minimum atomic E-state index is -2.01. The quantitative estimate of drug-likeness (QED) is 0.113. The summed E-state index contributed by atoms with van der Waals surface area (Å²) < 4.78 is 38.0. The second-order valence-corrected chi connectivity index (χ2v) is 10.8. The highest BCUT2D eigenvalue weighted by atomic mass is 16.7. The summed E-state index contributed by atoms with van der Waals surface area (Å²) in [7, 11) is 2.43. The number of aliphatic hydroxyl groups is 7. The van der Waals surface area contributed by atoms with Crippen LogP contribution >= 0.6 is 0 Å². The fraction of sp³-hybridized carbons (Fsp3) is 0.483. The van der Waals surface area contributed by atoms with E-state index in [4.69, 9.17) is 32.8 Å². The number of aliphatic hydroxyl groups excluding tert-OH is 7. The standard InChI is InChI=1S/C29H34O18/c1-41-12-4-3-9(5-10(12)31)25-27(20(36)16-13(44-25)6-11(32)26(42-2)19(16)35)47-29-24(40)22(38)18(34)15(46-29)8-43-28-23(39)21(37)17(33)14(7-30)45-28/h3-6,14-15,17-18,21-24,28-35,37-40H,7-8H2,1-2H3/t14-,15-,17+,18+,21+,22+,23-,24-,28-,29+/m1/s1. The second kappa shape index (κ2) is 13.6. The minimum absolute atomic E-state index is 0.0143. The maximum absolute atomic E-state index is 13.9. The first-order chi connectivity index (χ1) is 22.3. The number of methoxy groups -OCH3 is 2. The van der Waals surface area contributed by atoms with Gasteiger partial charge in [-0.15, -0.1) is 0 Å². The van der Waals surface area contributed by atoms with Crippen molar-refractivity contribution in [3.05, 3.63) is 34.5 Å². The highest BCUT2D eigenvalue weighted by Gasteiger charge is 2.48. The average Bonchev–Trinajstić information content (AvgIpc) is 3.05. The van der Waals surface area contributed by atoms with E-state index in [1.165, 1.54) is 19.2 Å². The number of rotatable bonds is 9. The molecule has 2 saturated heterocycles. The van der Waals surface area contributed by atoms with Gasteiger partial charge in [0, 0.05) is 11.6 Å². The first kappa shape index (κ1) is 34.4. The van der Waals surface area contributed by atoms with E-state index in [9.17, 15) is 55.9 Å². The Bertz CT molecular complexity index is 1640. The maximum atomic E-state index is 13.9. The number of benzene rings is 2. The van der Waals surface area contributed by atoms with Crippen molar-refractivity contribution in [3.8, 4) is 45.8 Å².